The van der Waals surface area contributed by atoms with Gasteiger partial charge in [-0.1, -0.05) is 43.6 Å². The number of urea groups is 1. The molecule has 3 rings (SSSR count). The number of aliphatic hydroxyl groups excluding tert-OH is 1. The van der Waals surface area contributed by atoms with Crippen molar-refractivity contribution in [3.05, 3.63) is 64.5 Å². The Bertz CT molecular complexity index is 1150. The van der Waals surface area contributed by atoms with Crippen LogP contribution in [-0.4, -0.2) is 60.9 Å². The van der Waals surface area contributed by atoms with Crippen molar-refractivity contribution >= 4 is 39.8 Å². The molecule has 0 saturated carbocycles. The zero-order valence-electron chi connectivity index (χ0n) is 21.3. The van der Waals surface area contributed by atoms with E-state index in [4.69, 9.17) is 16.7 Å². The first-order chi connectivity index (χ1) is 17.5. The Morgan fingerprint density at radius 3 is 2.49 bits per heavy atom. The SMILES string of the molecule is CC.C[N+](C)(CCO)CCCNC(=O)N(c1cccc(C(F)(F)F)c1)c1nc(-c2cccc(Cl)c2)cs1. The Morgan fingerprint density at radius 2 is 1.84 bits per heavy atom. The lowest BCUT2D eigenvalue weighted by Gasteiger charge is -2.29. The second kappa shape index (κ2) is 13.8. The second-order valence-corrected chi connectivity index (χ2v) is 9.87. The molecule has 11 heteroatoms. The van der Waals surface area contributed by atoms with Crippen LogP contribution in [0.4, 0.5) is 28.8 Å². The highest BCUT2D eigenvalue weighted by molar-refractivity contribution is 7.14. The fourth-order valence-electron chi connectivity index (χ4n) is 3.45. The number of amides is 2. The maximum absolute atomic E-state index is 13.4. The minimum atomic E-state index is -4.55. The minimum absolute atomic E-state index is 0.0562. The van der Waals surface area contributed by atoms with Crippen molar-refractivity contribution in [2.75, 3.05) is 45.2 Å². The number of aliphatic hydroxyl groups is 1. The van der Waals surface area contributed by atoms with E-state index in [0.29, 0.717) is 41.3 Å². The number of hydrogen-bond donors (Lipinski definition) is 2. The average molecular weight is 558 g/mol. The van der Waals surface area contributed by atoms with Gasteiger partial charge in [-0.05, 0) is 30.3 Å². The number of nitrogens with zero attached hydrogens (tertiary/aromatic N) is 3. The number of benzene rings is 2. The van der Waals surface area contributed by atoms with Gasteiger partial charge in [-0.3, -0.25) is 0 Å². The van der Waals surface area contributed by atoms with Gasteiger partial charge in [-0.15, -0.1) is 11.3 Å². The topological polar surface area (TPSA) is 65.5 Å². The van der Waals surface area contributed by atoms with Gasteiger partial charge in [-0.25, -0.2) is 14.7 Å². The lowest BCUT2D eigenvalue weighted by Crippen LogP contribution is -2.44. The van der Waals surface area contributed by atoms with E-state index in [0.717, 1.165) is 33.9 Å². The molecule has 2 amide bonds. The summed E-state index contributed by atoms with van der Waals surface area (Å²) < 4.78 is 40.7. The molecule has 0 aliphatic rings. The maximum Gasteiger partial charge on any atom is 0.416 e. The van der Waals surface area contributed by atoms with Crippen molar-refractivity contribution in [3.63, 3.8) is 0 Å². The first-order valence-electron chi connectivity index (χ1n) is 11.9. The van der Waals surface area contributed by atoms with E-state index in [-0.39, 0.29) is 17.4 Å². The molecule has 0 radical (unpaired) electrons. The summed E-state index contributed by atoms with van der Waals surface area (Å²) in [5.74, 6) is 0. The molecule has 0 atom stereocenters. The van der Waals surface area contributed by atoms with Crippen molar-refractivity contribution in [2.45, 2.75) is 26.4 Å². The van der Waals surface area contributed by atoms with Crippen LogP contribution >= 0.6 is 22.9 Å². The number of nitrogens with one attached hydrogen (secondary N) is 1. The Balaban J connectivity index is 0.00000235. The Labute approximate surface area is 224 Å². The summed E-state index contributed by atoms with van der Waals surface area (Å²) in [4.78, 5) is 18.9. The van der Waals surface area contributed by atoms with Crippen molar-refractivity contribution in [3.8, 4) is 11.3 Å². The molecule has 0 bridgehead atoms. The van der Waals surface area contributed by atoms with E-state index in [1.807, 2.05) is 34.0 Å². The number of carbonyl (C=O) groups is 1. The standard InChI is InChI=1S/C24H26ClF3N4O2S.C2H6/c1-32(2,12-13-33)11-5-10-29-22(34)31(20-9-4-7-18(15-20)24(26,27)28)23-30-21(16-35-23)17-6-3-8-19(25)14-17;1-2/h3-4,6-9,14-16,33H,5,10-13H2,1-2H3;1-2H3/p+1. The summed E-state index contributed by atoms with van der Waals surface area (Å²) in [6.07, 6.45) is -3.93. The smallest absolute Gasteiger partial charge is 0.391 e. The number of alkyl halides is 3. The van der Waals surface area contributed by atoms with Gasteiger partial charge >= 0.3 is 12.2 Å². The van der Waals surface area contributed by atoms with Crippen LogP contribution in [-0.2, 0) is 6.18 Å². The molecule has 1 heterocycles. The molecular formula is C26H33ClF3N4O2S+. The van der Waals surface area contributed by atoms with Crippen LogP contribution < -0.4 is 10.2 Å². The van der Waals surface area contributed by atoms with E-state index in [1.165, 1.54) is 12.1 Å². The third-order valence-electron chi connectivity index (χ3n) is 5.36. The first kappa shape index (κ1) is 30.6. The average Bonchev–Trinajstić information content (AvgIpc) is 3.33. The molecule has 2 N–H and O–H groups in total. The summed E-state index contributed by atoms with van der Waals surface area (Å²) in [6, 6.07) is 11.0. The van der Waals surface area contributed by atoms with Gasteiger partial charge in [0.25, 0.3) is 0 Å². The highest BCUT2D eigenvalue weighted by Crippen LogP contribution is 2.36. The molecule has 3 aromatic rings. The minimum Gasteiger partial charge on any atom is -0.391 e. The quantitative estimate of drug-likeness (QED) is 0.224. The van der Waals surface area contributed by atoms with Crippen LogP contribution in [0.25, 0.3) is 11.3 Å². The molecule has 2 aromatic carbocycles. The number of thiazole rings is 1. The van der Waals surface area contributed by atoms with E-state index < -0.39 is 17.8 Å². The van der Waals surface area contributed by atoms with Crippen molar-refractivity contribution < 1.29 is 27.6 Å². The van der Waals surface area contributed by atoms with Gasteiger partial charge in [0.2, 0.25) is 0 Å². The predicted octanol–water partition coefficient (Wildman–Crippen LogP) is 6.82. The van der Waals surface area contributed by atoms with Gasteiger partial charge in [-0.2, -0.15) is 13.2 Å². The maximum atomic E-state index is 13.4. The highest BCUT2D eigenvalue weighted by atomic mass is 35.5. The molecule has 37 heavy (non-hydrogen) atoms. The zero-order valence-corrected chi connectivity index (χ0v) is 22.9. The number of quaternary nitrogens is 1. The molecule has 0 spiro atoms. The van der Waals surface area contributed by atoms with Crippen LogP contribution in [0.1, 0.15) is 25.8 Å². The number of hydrogen-bond acceptors (Lipinski definition) is 4. The highest BCUT2D eigenvalue weighted by Gasteiger charge is 2.32. The van der Waals surface area contributed by atoms with Gasteiger partial charge in [0.15, 0.2) is 5.13 Å². The molecule has 0 aliphatic heterocycles. The molecular weight excluding hydrogens is 525 g/mol. The van der Waals surface area contributed by atoms with Crippen LogP contribution in [0.3, 0.4) is 0 Å². The summed E-state index contributed by atoms with van der Waals surface area (Å²) in [6.45, 7) is 5.66. The fraction of sp³-hybridized carbons (Fsp3) is 0.385. The third kappa shape index (κ3) is 8.99. The van der Waals surface area contributed by atoms with Crippen molar-refractivity contribution in [2.24, 2.45) is 0 Å². The number of anilines is 2. The summed E-state index contributed by atoms with van der Waals surface area (Å²) in [7, 11) is 3.94. The predicted molar refractivity (Wildman–Crippen MR) is 144 cm³/mol. The van der Waals surface area contributed by atoms with Crippen molar-refractivity contribution in [1.82, 2.24) is 10.3 Å². The van der Waals surface area contributed by atoms with E-state index in [2.05, 4.69) is 10.3 Å². The molecule has 202 valence electrons. The summed E-state index contributed by atoms with van der Waals surface area (Å²) in [5.41, 5.74) is 0.483. The van der Waals surface area contributed by atoms with E-state index in [1.54, 1.807) is 23.6 Å². The Kier molecular flexibility index (Phi) is 11.4. The number of aromatic nitrogens is 1. The zero-order chi connectivity index (χ0) is 27.6. The lowest BCUT2D eigenvalue weighted by molar-refractivity contribution is -0.890. The van der Waals surface area contributed by atoms with E-state index in [9.17, 15) is 18.0 Å². The molecule has 0 saturated heterocycles. The van der Waals surface area contributed by atoms with Crippen LogP contribution in [0.15, 0.2) is 53.9 Å². The third-order valence-corrected chi connectivity index (χ3v) is 6.42. The monoisotopic (exact) mass is 557 g/mol. The van der Waals surface area contributed by atoms with E-state index >= 15 is 0 Å². The molecule has 1 aromatic heterocycles. The number of rotatable bonds is 9. The van der Waals surface area contributed by atoms with Crippen LogP contribution in [0.2, 0.25) is 5.02 Å². The van der Waals surface area contributed by atoms with Gasteiger partial charge in [0, 0.05) is 28.9 Å². The lowest BCUT2D eigenvalue weighted by atomic mass is 10.2. The summed E-state index contributed by atoms with van der Waals surface area (Å²) in [5, 5.41) is 14.4. The molecule has 6 nitrogen and oxygen atoms in total. The second-order valence-electron chi connectivity index (χ2n) is 8.60. The Morgan fingerprint density at radius 1 is 1.14 bits per heavy atom. The number of likely N-dealkylation sites (N-methyl/N-ethyl adjacent to an activating group) is 1. The Hall–Kier alpha value is -2.66. The van der Waals surface area contributed by atoms with Gasteiger partial charge < -0.3 is 14.9 Å². The van der Waals surface area contributed by atoms with Crippen LogP contribution in [0, 0.1) is 0 Å². The molecule has 0 fully saturated rings. The first-order valence-corrected chi connectivity index (χ1v) is 13.2. The van der Waals surface area contributed by atoms with Gasteiger partial charge in [0.1, 0.15) is 6.54 Å². The molecule has 0 unspecified atom stereocenters. The largest absolute Gasteiger partial charge is 0.416 e. The fourth-order valence-corrected chi connectivity index (χ4v) is 4.49. The van der Waals surface area contributed by atoms with Crippen LogP contribution in [0.5, 0.6) is 0 Å². The van der Waals surface area contributed by atoms with Crippen molar-refractivity contribution in [1.29, 1.82) is 0 Å². The number of halogens is 4. The molecule has 0 aliphatic carbocycles. The van der Waals surface area contributed by atoms with Gasteiger partial charge in [0.05, 0.1) is 44.2 Å². The normalized spacial score (nSPS) is 11.5. The summed E-state index contributed by atoms with van der Waals surface area (Å²) >= 11 is 7.22. The number of carbonyl (C=O) groups excluding carboxylic acids is 1.